The standard InChI is InChI=1S/C27H27N5O3/c1-26(2,3)35-25(34)32-27(14-7-15-27)19-12-10-18(11-13-19)21-20(17-8-5-4-6-9-17)30-22-23(31-21)28-16-29-24(22)33/h4-6,8-13,16H,7,14-15H2,1-3H3,(H,32,34)(H,28,29,31,33). The average Bonchev–Trinajstić information content (AvgIpc) is 2.81. The number of alkyl carbamates (subject to hydrolysis) is 1. The fourth-order valence-corrected chi connectivity index (χ4v) is 4.35. The number of nitrogens with zero attached hydrogens (tertiary/aromatic N) is 3. The van der Waals surface area contributed by atoms with Gasteiger partial charge >= 0.3 is 6.09 Å². The Morgan fingerprint density at radius 3 is 2.26 bits per heavy atom. The van der Waals surface area contributed by atoms with E-state index in [4.69, 9.17) is 9.72 Å². The molecule has 0 unspecified atom stereocenters. The first-order valence-electron chi connectivity index (χ1n) is 11.7. The molecular formula is C27H27N5O3. The number of H-pyrrole nitrogens is 1. The van der Waals surface area contributed by atoms with Crippen molar-refractivity contribution in [3.63, 3.8) is 0 Å². The molecule has 8 nitrogen and oxygen atoms in total. The van der Waals surface area contributed by atoms with Crippen molar-refractivity contribution < 1.29 is 9.53 Å². The molecule has 0 radical (unpaired) electrons. The van der Waals surface area contributed by atoms with Crippen LogP contribution in [0.2, 0.25) is 0 Å². The van der Waals surface area contributed by atoms with E-state index >= 15 is 0 Å². The van der Waals surface area contributed by atoms with Crippen LogP contribution in [0.3, 0.4) is 0 Å². The van der Waals surface area contributed by atoms with Crippen LogP contribution in [-0.4, -0.2) is 31.6 Å². The summed E-state index contributed by atoms with van der Waals surface area (Å²) in [5.41, 5.74) is 3.11. The van der Waals surface area contributed by atoms with Gasteiger partial charge in [-0.25, -0.2) is 19.7 Å². The molecule has 0 bridgehead atoms. The fraction of sp³-hybridized carbons (Fsp3) is 0.296. The molecule has 0 aliphatic heterocycles. The lowest BCUT2D eigenvalue weighted by Gasteiger charge is -2.43. The topological polar surface area (TPSA) is 110 Å². The van der Waals surface area contributed by atoms with Gasteiger partial charge in [0.25, 0.3) is 5.56 Å². The van der Waals surface area contributed by atoms with Crippen LogP contribution in [0.4, 0.5) is 4.79 Å². The van der Waals surface area contributed by atoms with Crippen LogP contribution < -0.4 is 10.9 Å². The van der Waals surface area contributed by atoms with Crippen LogP contribution in [0.5, 0.6) is 0 Å². The number of rotatable bonds is 4. The lowest BCUT2D eigenvalue weighted by Crippen LogP contribution is -2.52. The monoisotopic (exact) mass is 469 g/mol. The third kappa shape index (κ3) is 4.51. The summed E-state index contributed by atoms with van der Waals surface area (Å²) in [4.78, 5) is 41.0. The van der Waals surface area contributed by atoms with Gasteiger partial charge in [0, 0.05) is 11.1 Å². The van der Waals surface area contributed by atoms with E-state index in [1.807, 2.05) is 75.4 Å². The number of ether oxygens (including phenoxy) is 1. The van der Waals surface area contributed by atoms with Crippen molar-refractivity contribution in [3.05, 3.63) is 76.8 Å². The first kappa shape index (κ1) is 22.7. The summed E-state index contributed by atoms with van der Waals surface area (Å²) in [6.45, 7) is 5.56. The maximum Gasteiger partial charge on any atom is 0.408 e. The number of hydrogen-bond donors (Lipinski definition) is 2. The van der Waals surface area contributed by atoms with Gasteiger partial charge in [-0.1, -0.05) is 54.6 Å². The third-order valence-electron chi connectivity index (χ3n) is 6.18. The summed E-state index contributed by atoms with van der Waals surface area (Å²) in [6.07, 6.45) is 3.65. The lowest BCUT2D eigenvalue weighted by atomic mass is 9.71. The molecule has 178 valence electrons. The van der Waals surface area contributed by atoms with E-state index in [9.17, 15) is 9.59 Å². The van der Waals surface area contributed by atoms with Gasteiger partial charge in [-0.3, -0.25) is 4.79 Å². The lowest BCUT2D eigenvalue weighted by molar-refractivity contribution is 0.0377. The SMILES string of the molecule is CC(C)(C)OC(=O)NC1(c2ccc(-c3nc4nc[nH]c(=O)c4nc3-c3ccccc3)cc2)CCC1. The largest absolute Gasteiger partial charge is 0.444 e. The second kappa shape index (κ2) is 8.61. The quantitative estimate of drug-likeness (QED) is 0.438. The smallest absolute Gasteiger partial charge is 0.408 e. The van der Waals surface area contributed by atoms with Gasteiger partial charge in [0.15, 0.2) is 11.2 Å². The molecule has 2 heterocycles. The summed E-state index contributed by atoms with van der Waals surface area (Å²) < 4.78 is 5.50. The Balaban J connectivity index is 1.54. The van der Waals surface area contributed by atoms with Crippen molar-refractivity contribution in [2.45, 2.75) is 51.2 Å². The highest BCUT2D eigenvalue weighted by molar-refractivity contribution is 5.84. The number of nitrogens with one attached hydrogen (secondary N) is 2. The van der Waals surface area contributed by atoms with Crippen LogP contribution in [0.15, 0.2) is 65.7 Å². The molecule has 1 aliphatic carbocycles. The minimum absolute atomic E-state index is 0.196. The van der Waals surface area contributed by atoms with Gasteiger partial charge in [0.1, 0.15) is 5.60 Å². The normalized spacial score (nSPS) is 14.8. The molecule has 1 fully saturated rings. The van der Waals surface area contributed by atoms with Gasteiger partial charge in [-0.15, -0.1) is 0 Å². The van der Waals surface area contributed by atoms with Crippen molar-refractivity contribution in [2.75, 3.05) is 0 Å². The second-order valence-corrected chi connectivity index (χ2v) is 9.83. The van der Waals surface area contributed by atoms with Crippen LogP contribution in [0.1, 0.15) is 45.6 Å². The Labute approximate surface area is 202 Å². The van der Waals surface area contributed by atoms with Crippen LogP contribution in [0, 0.1) is 0 Å². The number of amides is 1. The molecule has 35 heavy (non-hydrogen) atoms. The molecule has 2 aromatic carbocycles. The van der Waals surface area contributed by atoms with E-state index in [-0.39, 0.29) is 16.7 Å². The highest BCUT2D eigenvalue weighted by atomic mass is 16.6. The second-order valence-electron chi connectivity index (χ2n) is 9.83. The van der Waals surface area contributed by atoms with Gasteiger partial charge in [0.05, 0.1) is 23.3 Å². The maximum atomic E-state index is 12.5. The number of carbonyl (C=O) groups is 1. The molecule has 2 N–H and O–H groups in total. The molecule has 2 aromatic heterocycles. The Bertz CT molecular complexity index is 1440. The van der Waals surface area contributed by atoms with Crippen LogP contribution >= 0.6 is 0 Å². The predicted octanol–water partition coefficient (Wildman–Crippen LogP) is 4.95. The Hall–Kier alpha value is -4.07. The van der Waals surface area contributed by atoms with Gasteiger partial charge in [0.2, 0.25) is 0 Å². The van der Waals surface area contributed by atoms with Crippen molar-refractivity contribution in [2.24, 2.45) is 0 Å². The van der Waals surface area contributed by atoms with Crippen LogP contribution in [-0.2, 0) is 10.3 Å². The zero-order valence-corrected chi connectivity index (χ0v) is 20.0. The molecule has 4 aromatic rings. The van der Waals surface area contributed by atoms with E-state index in [1.54, 1.807) is 0 Å². The van der Waals surface area contributed by atoms with Crippen molar-refractivity contribution >= 4 is 17.3 Å². The number of aromatic amines is 1. The average molecular weight is 470 g/mol. The highest BCUT2D eigenvalue weighted by Crippen LogP contribution is 2.42. The maximum absolute atomic E-state index is 12.5. The molecule has 0 saturated heterocycles. The summed E-state index contributed by atoms with van der Waals surface area (Å²) in [7, 11) is 0. The molecule has 5 rings (SSSR count). The Morgan fingerprint density at radius 1 is 0.971 bits per heavy atom. The van der Waals surface area contributed by atoms with Crippen molar-refractivity contribution in [1.82, 2.24) is 25.3 Å². The van der Waals surface area contributed by atoms with E-state index < -0.39 is 17.2 Å². The highest BCUT2D eigenvalue weighted by Gasteiger charge is 2.41. The third-order valence-corrected chi connectivity index (χ3v) is 6.18. The van der Waals surface area contributed by atoms with Gasteiger partial charge in [-0.2, -0.15) is 0 Å². The Morgan fingerprint density at radius 2 is 1.63 bits per heavy atom. The molecule has 1 amide bonds. The zero-order chi connectivity index (χ0) is 24.6. The molecule has 1 aliphatic rings. The first-order valence-corrected chi connectivity index (χ1v) is 11.7. The van der Waals surface area contributed by atoms with Gasteiger partial charge in [-0.05, 0) is 45.6 Å². The van der Waals surface area contributed by atoms with E-state index in [2.05, 4.69) is 20.3 Å². The van der Waals surface area contributed by atoms with E-state index in [0.29, 0.717) is 11.4 Å². The van der Waals surface area contributed by atoms with E-state index in [1.165, 1.54) is 6.33 Å². The molecule has 0 spiro atoms. The Kier molecular flexibility index (Phi) is 5.59. The summed E-state index contributed by atoms with van der Waals surface area (Å²) in [5, 5.41) is 3.09. The van der Waals surface area contributed by atoms with Crippen molar-refractivity contribution in [3.8, 4) is 22.5 Å². The molecule has 0 atom stereocenters. The predicted molar refractivity (Wildman–Crippen MR) is 134 cm³/mol. The summed E-state index contributed by atoms with van der Waals surface area (Å²) >= 11 is 0. The molecule has 1 saturated carbocycles. The number of aromatic nitrogens is 4. The zero-order valence-electron chi connectivity index (χ0n) is 20.0. The number of hydrogen-bond acceptors (Lipinski definition) is 6. The minimum Gasteiger partial charge on any atom is -0.444 e. The first-order chi connectivity index (χ1) is 16.7. The number of fused-ring (bicyclic) bond motifs is 1. The summed E-state index contributed by atoms with van der Waals surface area (Å²) in [6, 6.07) is 17.6. The molecule has 8 heteroatoms. The molecular weight excluding hydrogens is 442 g/mol. The minimum atomic E-state index is -0.558. The number of carbonyl (C=O) groups excluding carboxylic acids is 1. The number of benzene rings is 2. The fourth-order valence-electron chi connectivity index (χ4n) is 4.35. The van der Waals surface area contributed by atoms with Crippen molar-refractivity contribution in [1.29, 1.82) is 0 Å². The van der Waals surface area contributed by atoms with Crippen LogP contribution in [0.25, 0.3) is 33.7 Å². The van der Waals surface area contributed by atoms with E-state index in [0.717, 1.165) is 36.0 Å². The summed E-state index contributed by atoms with van der Waals surface area (Å²) in [5.74, 6) is 0. The van der Waals surface area contributed by atoms with Gasteiger partial charge < -0.3 is 15.0 Å².